The van der Waals surface area contributed by atoms with E-state index in [1.807, 2.05) is 25.2 Å². The van der Waals surface area contributed by atoms with Crippen LogP contribution in [0.1, 0.15) is 31.2 Å². The average molecular weight is 297 g/mol. The molecule has 1 aromatic carbocycles. The van der Waals surface area contributed by atoms with Crippen LogP contribution in [0, 0.1) is 0 Å². The number of benzene rings is 1. The average Bonchev–Trinajstić information content (AvgIpc) is 2.47. The number of likely N-dealkylation sites (tertiary alicyclic amines) is 1. The minimum atomic E-state index is 0.667. The van der Waals surface area contributed by atoms with Gasteiger partial charge in [-0.1, -0.05) is 18.0 Å². The van der Waals surface area contributed by atoms with Crippen molar-refractivity contribution in [2.75, 3.05) is 27.2 Å². The summed E-state index contributed by atoms with van der Waals surface area (Å²) in [4.78, 5) is 2.58. The Morgan fingerprint density at radius 2 is 2.25 bits per heavy atom. The SMILES string of the molecule is CNCCC1CCCCN1Cc1cc(Cl)ccc1OC. The molecule has 1 heterocycles. The van der Waals surface area contributed by atoms with E-state index in [4.69, 9.17) is 16.3 Å². The molecular weight excluding hydrogens is 272 g/mol. The first kappa shape index (κ1) is 15.6. The van der Waals surface area contributed by atoms with Crippen LogP contribution >= 0.6 is 11.6 Å². The highest BCUT2D eigenvalue weighted by atomic mass is 35.5. The van der Waals surface area contributed by atoms with E-state index in [0.717, 1.165) is 23.9 Å². The molecule has 112 valence electrons. The van der Waals surface area contributed by atoms with Gasteiger partial charge in [0, 0.05) is 23.2 Å². The van der Waals surface area contributed by atoms with Gasteiger partial charge >= 0.3 is 0 Å². The van der Waals surface area contributed by atoms with Gasteiger partial charge in [-0.05, 0) is 57.6 Å². The second-order valence-electron chi connectivity index (χ2n) is 5.47. The lowest BCUT2D eigenvalue weighted by atomic mass is 9.98. The number of hydrogen-bond donors (Lipinski definition) is 1. The van der Waals surface area contributed by atoms with Crippen molar-refractivity contribution < 1.29 is 4.74 Å². The smallest absolute Gasteiger partial charge is 0.123 e. The third-order valence-corrected chi connectivity index (χ3v) is 4.33. The lowest BCUT2D eigenvalue weighted by molar-refractivity contribution is 0.131. The lowest BCUT2D eigenvalue weighted by Gasteiger charge is -2.36. The number of nitrogens with zero attached hydrogens (tertiary/aromatic N) is 1. The van der Waals surface area contributed by atoms with Crippen molar-refractivity contribution in [3.8, 4) is 5.75 Å². The van der Waals surface area contributed by atoms with E-state index in [1.165, 1.54) is 37.8 Å². The minimum Gasteiger partial charge on any atom is -0.496 e. The standard InChI is InChI=1S/C16H25ClN2O/c1-18-9-8-15-5-3-4-10-19(15)12-13-11-14(17)6-7-16(13)20-2/h6-7,11,15,18H,3-5,8-10,12H2,1-2H3. The minimum absolute atomic E-state index is 0.667. The van der Waals surface area contributed by atoms with Crippen LogP contribution in [0.2, 0.25) is 5.02 Å². The van der Waals surface area contributed by atoms with E-state index in [-0.39, 0.29) is 0 Å². The van der Waals surface area contributed by atoms with Crippen molar-refractivity contribution in [3.05, 3.63) is 28.8 Å². The number of ether oxygens (including phenoxy) is 1. The Labute approximate surface area is 127 Å². The number of hydrogen-bond acceptors (Lipinski definition) is 3. The molecule has 0 spiro atoms. The van der Waals surface area contributed by atoms with Crippen LogP contribution in [0.3, 0.4) is 0 Å². The molecule has 0 aromatic heterocycles. The molecular formula is C16H25ClN2O. The van der Waals surface area contributed by atoms with E-state index < -0.39 is 0 Å². The maximum Gasteiger partial charge on any atom is 0.123 e. The van der Waals surface area contributed by atoms with Gasteiger partial charge in [0.05, 0.1) is 7.11 Å². The van der Waals surface area contributed by atoms with Crippen molar-refractivity contribution in [2.45, 2.75) is 38.3 Å². The Morgan fingerprint density at radius 1 is 1.40 bits per heavy atom. The molecule has 1 aromatic rings. The molecule has 1 aliphatic heterocycles. The molecule has 0 radical (unpaired) electrons. The maximum absolute atomic E-state index is 6.13. The summed E-state index contributed by atoms with van der Waals surface area (Å²) in [7, 11) is 3.74. The maximum atomic E-state index is 6.13. The number of rotatable bonds is 6. The Kier molecular flexibility index (Phi) is 6.14. The van der Waals surface area contributed by atoms with Crippen LogP contribution in [0.25, 0.3) is 0 Å². The van der Waals surface area contributed by atoms with Crippen molar-refractivity contribution in [1.82, 2.24) is 10.2 Å². The number of halogens is 1. The first-order valence-electron chi connectivity index (χ1n) is 7.45. The Balaban J connectivity index is 2.07. The van der Waals surface area contributed by atoms with E-state index in [0.29, 0.717) is 6.04 Å². The molecule has 2 rings (SSSR count). The quantitative estimate of drug-likeness (QED) is 0.871. The molecule has 0 bridgehead atoms. The van der Waals surface area contributed by atoms with Gasteiger partial charge in [-0.2, -0.15) is 0 Å². The third-order valence-electron chi connectivity index (χ3n) is 4.09. The zero-order chi connectivity index (χ0) is 14.4. The van der Waals surface area contributed by atoms with Crippen LogP contribution in [0.5, 0.6) is 5.75 Å². The van der Waals surface area contributed by atoms with Crippen molar-refractivity contribution in [2.24, 2.45) is 0 Å². The molecule has 0 saturated carbocycles. The fraction of sp³-hybridized carbons (Fsp3) is 0.625. The Morgan fingerprint density at radius 3 is 3.00 bits per heavy atom. The molecule has 20 heavy (non-hydrogen) atoms. The summed E-state index contributed by atoms with van der Waals surface area (Å²) in [6.45, 7) is 3.18. The molecule has 1 aliphatic rings. The fourth-order valence-corrected chi connectivity index (χ4v) is 3.19. The van der Waals surface area contributed by atoms with Gasteiger partial charge in [0.15, 0.2) is 0 Å². The van der Waals surface area contributed by atoms with Crippen molar-refractivity contribution in [1.29, 1.82) is 0 Å². The number of piperidine rings is 1. The zero-order valence-corrected chi connectivity index (χ0v) is 13.2. The van der Waals surface area contributed by atoms with Crippen LogP contribution < -0.4 is 10.1 Å². The highest BCUT2D eigenvalue weighted by Crippen LogP contribution is 2.27. The molecule has 1 saturated heterocycles. The normalized spacial score (nSPS) is 20.1. The lowest BCUT2D eigenvalue weighted by Crippen LogP contribution is -2.40. The van der Waals surface area contributed by atoms with Crippen LogP contribution in [0.15, 0.2) is 18.2 Å². The molecule has 1 unspecified atom stereocenters. The first-order valence-corrected chi connectivity index (χ1v) is 7.83. The molecule has 0 aliphatic carbocycles. The van der Waals surface area contributed by atoms with Crippen LogP contribution in [-0.4, -0.2) is 38.2 Å². The summed E-state index contributed by atoms with van der Waals surface area (Å²) in [5, 5.41) is 4.04. The van der Waals surface area contributed by atoms with Crippen molar-refractivity contribution >= 4 is 11.6 Å². The number of nitrogens with one attached hydrogen (secondary N) is 1. The van der Waals surface area contributed by atoms with Gasteiger partial charge in [-0.15, -0.1) is 0 Å². The highest BCUT2D eigenvalue weighted by Gasteiger charge is 2.22. The number of methoxy groups -OCH3 is 1. The van der Waals surface area contributed by atoms with Gasteiger partial charge in [-0.3, -0.25) is 4.90 Å². The molecule has 1 atom stereocenters. The molecule has 1 fully saturated rings. The summed E-state index contributed by atoms with van der Waals surface area (Å²) < 4.78 is 5.46. The van der Waals surface area contributed by atoms with E-state index in [2.05, 4.69) is 10.2 Å². The topological polar surface area (TPSA) is 24.5 Å². The second kappa shape index (κ2) is 7.87. The second-order valence-corrected chi connectivity index (χ2v) is 5.90. The van der Waals surface area contributed by atoms with E-state index in [9.17, 15) is 0 Å². The zero-order valence-electron chi connectivity index (χ0n) is 12.5. The predicted octanol–water partition coefficient (Wildman–Crippen LogP) is 3.31. The summed E-state index contributed by atoms with van der Waals surface area (Å²) in [6, 6.07) is 6.55. The van der Waals surface area contributed by atoms with Gasteiger partial charge in [0.2, 0.25) is 0 Å². The summed E-state index contributed by atoms with van der Waals surface area (Å²) in [5.74, 6) is 0.937. The van der Waals surface area contributed by atoms with Gasteiger partial charge < -0.3 is 10.1 Å². The molecule has 1 N–H and O–H groups in total. The monoisotopic (exact) mass is 296 g/mol. The molecule has 3 nitrogen and oxygen atoms in total. The summed E-state index contributed by atoms with van der Waals surface area (Å²) >= 11 is 6.13. The summed E-state index contributed by atoms with van der Waals surface area (Å²) in [5.41, 5.74) is 1.19. The first-order chi connectivity index (χ1) is 9.74. The van der Waals surface area contributed by atoms with Crippen LogP contribution in [-0.2, 0) is 6.54 Å². The molecule has 0 amide bonds. The Hall–Kier alpha value is -0.770. The van der Waals surface area contributed by atoms with Gasteiger partial charge in [0.1, 0.15) is 5.75 Å². The van der Waals surface area contributed by atoms with Crippen molar-refractivity contribution in [3.63, 3.8) is 0 Å². The predicted molar refractivity (Wildman–Crippen MR) is 84.6 cm³/mol. The van der Waals surface area contributed by atoms with E-state index >= 15 is 0 Å². The molecule has 4 heteroatoms. The fourth-order valence-electron chi connectivity index (χ4n) is 3.00. The Bertz CT molecular complexity index is 425. The third kappa shape index (κ3) is 4.11. The van der Waals surface area contributed by atoms with Gasteiger partial charge in [-0.25, -0.2) is 0 Å². The highest BCUT2D eigenvalue weighted by molar-refractivity contribution is 6.30. The largest absolute Gasteiger partial charge is 0.496 e. The van der Waals surface area contributed by atoms with Gasteiger partial charge in [0.25, 0.3) is 0 Å². The van der Waals surface area contributed by atoms with E-state index in [1.54, 1.807) is 7.11 Å². The van der Waals surface area contributed by atoms with Crippen LogP contribution in [0.4, 0.5) is 0 Å². The summed E-state index contributed by atoms with van der Waals surface area (Å²) in [6.07, 6.45) is 5.14.